The summed E-state index contributed by atoms with van der Waals surface area (Å²) in [5.74, 6) is 0.140. The van der Waals surface area contributed by atoms with Gasteiger partial charge in [0, 0.05) is 12.8 Å². The summed E-state index contributed by atoms with van der Waals surface area (Å²) in [7, 11) is 0. The van der Waals surface area contributed by atoms with Crippen molar-refractivity contribution in [3.05, 3.63) is 0 Å². The van der Waals surface area contributed by atoms with E-state index in [-0.39, 0.29) is 23.4 Å². The number of carbonyl (C=O) groups excluding carboxylic acids is 2. The predicted octanol–water partition coefficient (Wildman–Crippen LogP) is 2.75. The normalized spacial score (nSPS) is 11.4. The second-order valence-electron chi connectivity index (χ2n) is 4.67. The molecule has 0 aromatic rings. The number of rotatable bonds is 5. The molecule has 0 aromatic heterocycles. The standard InChI is InChI=1S/C11H20O2/c1-5-9(12)8-10(13)6-7-11(2,3)4/h5-8H2,1-4H3. The number of carbonyl (C=O) groups is 2. The Bertz CT molecular complexity index is 187. The van der Waals surface area contributed by atoms with Gasteiger partial charge in [0.15, 0.2) is 0 Å². The van der Waals surface area contributed by atoms with Crippen LogP contribution in [0.5, 0.6) is 0 Å². The quantitative estimate of drug-likeness (QED) is 0.616. The summed E-state index contributed by atoms with van der Waals surface area (Å²) in [6.45, 7) is 8.09. The molecule has 0 aromatic carbocycles. The van der Waals surface area contributed by atoms with E-state index in [1.54, 1.807) is 6.92 Å². The molecule has 0 N–H and O–H groups in total. The SMILES string of the molecule is CCC(=O)CC(=O)CCC(C)(C)C. The van der Waals surface area contributed by atoms with Gasteiger partial charge in [-0.2, -0.15) is 0 Å². The Morgan fingerprint density at radius 2 is 1.62 bits per heavy atom. The summed E-state index contributed by atoms with van der Waals surface area (Å²) >= 11 is 0. The van der Waals surface area contributed by atoms with E-state index in [1.807, 2.05) is 0 Å². The van der Waals surface area contributed by atoms with Crippen molar-refractivity contribution in [1.82, 2.24) is 0 Å². The Labute approximate surface area is 80.7 Å². The van der Waals surface area contributed by atoms with Crippen LogP contribution >= 0.6 is 0 Å². The van der Waals surface area contributed by atoms with Gasteiger partial charge in [0.25, 0.3) is 0 Å². The van der Waals surface area contributed by atoms with Gasteiger partial charge >= 0.3 is 0 Å². The van der Waals surface area contributed by atoms with Gasteiger partial charge in [-0.3, -0.25) is 9.59 Å². The molecule has 0 aliphatic rings. The maximum absolute atomic E-state index is 11.2. The van der Waals surface area contributed by atoms with Crippen molar-refractivity contribution < 1.29 is 9.59 Å². The highest BCUT2D eigenvalue weighted by Gasteiger charge is 2.14. The summed E-state index contributed by atoms with van der Waals surface area (Å²) in [5.41, 5.74) is 0.185. The van der Waals surface area contributed by atoms with E-state index in [9.17, 15) is 9.59 Å². The number of hydrogen-bond acceptors (Lipinski definition) is 2. The second-order valence-corrected chi connectivity index (χ2v) is 4.67. The molecule has 0 aliphatic heterocycles. The first-order chi connectivity index (χ1) is 5.85. The molecule has 2 heteroatoms. The van der Waals surface area contributed by atoms with Crippen LogP contribution in [0.2, 0.25) is 0 Å². The monoisotopic (exact) mass is 184 g/mol. The fraction of sp³-hybridized carbons (Fsp3) is 0.818. The van der Waals surface area contributed by atoms with E-state index in [0.717, 1.165) is 6.42 Å². The van der Waals surface area contributed by atoms with Crippen molar-refractivity contribution in [3.63, 3.8) is 0 Å². The highest BCUT2D eigenvalue weighted by molar-refractivity contribution is 5.98. The number of ketones is 2. The molecule has 0 amide bonds. The van der Waals surface area contributed by atoms with Crippen LogP contribution in [0.4, 0.5) is 0 Å². The fourth-order valence-electron chi connectivity index (χ4n) is 0.948. The molecule has 0 saturated heterocycles. The Kier molecular flexibility index (Phi) is 4.89. The van der Waals surface area contributed by atoms with Crippen molar-refractivity contribution >= 4 is 11.6 Å². The van der Waals surface area contributed by atoms with Crippen molar-refractivity contribution in [2.24, 2.45) is 5.41 Å². The lowest BCUT2D eigenvalue weighted by Crippen LogP contribution is -2.11. The van der Waals surface area contributed by atoms with E-state index >= 15 is 0 Å². The highest BCUT2D eigenvalue weighted by atomic mass is 16.1. The molecule has 0 heterocycles. The van der Waals surface area contributed by atoms with Crippen LogP contribution in [0.15, 0.2) is 0 Å². The van der Waals surface area contributed by atoms with E-state index < -0.39 is 0 Å². The third kappa shape index (κ3) is 7.69. The number of hydrogen-bond donors (Lipinski definition) is 0. The van der Waals surface area contributed by atoms with Gasteiger partial charge in [-0.05, 0) is 11.8 Å². The molecule has 0 bridgehead atoms. The Balaban J connectivity index is 3.70. The molecule has 0 unspecified atom stereocenters. The first-order valence-corrected chi connectivity index (χ1v) is 4.88. The summed E-state index contributed by atoms with van der Waals surface area (Å²) in [6.07, 6.45) is 2.01. The van der Waals surface area contributed by atoms with Crippen LogP contribution in [0.3, 0.4) is 0 Å². The zero-order chi connectivity index (χ0) is 10.5. The van der Waals surface area contributed by atoms with E-state index in [4.69, 9.17) is 0 Å². The minimum Gasteiger partial charge on any atom is -0.299 e. The van der Waals surface area contributed by atoms with Crippen LogP contribution in [0.1, 0.15) is 53.4 Å². The molecule has 0 saturated carbocycles. The molecule has 0 spiro atoms. The van der Waals surface area contributed by atoms with E-state index in [0.29, 0.717) is 12.8 Å². The van der Waals surface area contributed by atoms with Gasteiger partial charge in [0.2, 0.25) is 0 Å². The van der Waals surface area contributed by atoms with E-state index in [1.165, 1.54) is 0 Å². The summed E-state index contributed by atoms with van der Waals surface area (Å²) < 4.78 is 0. The molecular formula is C11H20O2. The van der Waals surface area contributed by atoms with Crippen LogP contribution in [0, 0.1) is 5.41 Å². The van der Waals surface area contributed by atoms with Crippen LogP contribution in [-0.2, 0) is 9.59 Å². The van der Waals surface area contributed by atoms with Crippen LogP contribution < -0.4 is 0 Å². The molecule has 0 fully saturated rings. The largest absolute Gasteiger partial charge is 0.299 e. The van der Waals surface area contributed by atoms with Gasteiger partial charge < -0.3 is 0 Å². The second kappa shape index (κ2) is 5.15. The molecule has 0 rings (SSSR count). The van der Waals surface area contributed by atoms with Crippen molar-refractivity contribution in [2.75, 3.05) is 0 Å². The van der Waals surface area contributed by atoms with Gasteiger partial charge in [-0.25, -0.2) is 0 Å². The minimum atomic E-state index is 0.0545. The molecule has 2 nitrogen and oxygen atoms in total. The van der Waals surface area contributed by atoms with Crippen LogP contribution in [0.25, 0.3) is 0 Å². The third-order valence-electron chi connectivity index (χ3n) is 1.94. The third-order valence-corrected chi connectivity index (χ3v) is 1.94. The lowest BCUT2D eigenvalue weighted by Gasteiger charge is -2.16. The average molecular weight is 184 g/mol. The highest BCUT2D eigenvalue weighted by Crippen LogP contribution is 2.20. The Morgan fingerprint density at radius 3 is 2.00 bits per heavy atom. The Hall–Kier alpha value is -0.660. The van der Waals surface area contributed by atoms with Gasteiger partial charge in [0.1, 0.15) is 11.6 Å². The summed E-state index contributed by atoms with van der Waals surface area (Å²) in [4.78, 5) is 22.2. The van der Waals surface area contributed by atoms with Crippen molar-refractivity contribution in [2.45, 2.75) is 53.4 Å². The topological polar surface area (TPSA) is 34.1 Å². The van der Waals surface area contributed by atoms with Crippen molar-refractivity contribution in [3.8, 4) is 0 Å². The zero-order valence-electron chi connectivity index (χ0n) is 9.14. The lowest BCUT2D eigenvalue weighted by molar-refractivity contribution is -0.127. The van der Waals surface area contributed by atoms with Gasteiger partial charge in [-0.15, -0.1) is 0 Å². The average Bonchev–Trinajstić information content (AvgIpc) is 1.99. The molecule has 0 atom stereocenters. The zero-order valence-corrected chi connectivity index (χ0v) is 9.14. The summed E-state index contributed by atoms with van der Waals surface area (Å²) in [5, 5.41) is 0. The predicted molar refractivity (Wildman–Crippen MR) is 53.6 cm³/mol. The molecule has 0 radical (unpaired) electrons. The molecule has 76 valence electrons. The first kappa shape index (κ1) is 12.3. The number of Topliss-reactive ketones (excluding diaryl/α,β-unsaturated/α-hetero) is 2. The summed E-state index contributed by atoms with van der Waals surface area (Å²) in [6, 6.07) is 0. The smallest absolute Gasteiger partial charge is 0.140 e. The maximum Gasteiger partial charge on any atom is 0.140 e. The van der Waals surface area contributed by atoms with E-state index in [2.05, 4.69) is 20.8 Å². The maximum atomic E-state index is 11.2. The van der Waals surface area contributed by atoms with Gasteiger partial charge in [0.05, 0.1) is 6.42 Å². The molecular weight excluding hydrogens is 164 g/mol. The molecule has 0 aliphatic carbocycles. The van der Waals surface area contributed by atoms with Crippen molar-refractivity contribution in [1.29, 1.82) is 0 Å². The van der Waals surface area contributed by atoms with Gasteiger partial charge in [-0.1, -0.05) is 27.7 Å². The first-order valence-electron chi connectivity index (χ1n) is 4.88. The van der Waals surface area contributed by atoms with Crippen LogP contribution in [-0.4, -0.2) is 11.6 Å². The lowest BCUT2D eigenvalue weighted by atomic mass is 9.89. The minimum absolute atomic E-state index is 0.0545. The Morgan fingerprint density at radius 1 is 1.08 bits per heavy atom. The molecule has 13 heavy (non-hydrogen) atoms. The fourth-order valence-corrected chi connectivity index (χ4v) is 0.948.